The summed E-state index contributed by atoms with van der Waals surface area (Å²) in [6, 6.07) is 8.11. The number of nitrogens with two attached hydrogens (primary N) is 1. The third-order valence-corrected chi connectivity index (χ3v) is 6.38. The Bertz CT molecular complexity index is 546. The molecule has 1 atom stereocenters. The van der Waals surface area contributed by atoms with Crippen LogP contribution in [0.4, 0.5) is 0 Å². The summed E-state index contributed by atoms with van der Waals surface area (Å²) >= 11 is 1.72. The van der Waals surface area contributed by atoms with Gasteiger partial charge >= 0.3 is 0 Å². The van der Waals surface area contributed by atoms with Crippen LogP contribution < -0.4 is 5.73 Å². The quantitative estimate of drug-likeness (QED) is 0.882. The van der Waals surface area contributed by atoms with Crippen LogP contribution in [0.2, 0.25) is 0 Å². The molecular weight excluding hydrogens is 292 g/mol. The van der Waals surface area contributed by atoms with Crippen LogP contribution >= 0.6 is 11.8 Å². The Balaban J connectivity index is 2.05. The van der Waals surface area contributed by atoms with E-state index in [9.17, 15) is 8.42 Å². The molecule has 2 N–H and O–H groups in total. The van der Waals surface area contributed by atoms with Gasteiger partial charge in [0, 0.05) is 37.4 Å². The van der Waals surface area contributed by atoms with Crippen molar-refractivity contribution in [1.82, 2.24) is 4.90 Å². The lowest BCUT2D eigenvalue weighted by Crippen LogP contribution is -2.47. The summed E-state index contributed by atoms with van der Waals surface area (Å²) < 4.78 is 23.7. The van der Waals surface area contributed by atoms with Crippen LogP contribution in [0.25, 0.3) is 0 Å². The van der Waals surface area contributed by atoms with Crippen LogP contribution in [0.3, 0.4) is 0 Å². The highest BCUT2D eigenvalue weighted by Crippen LogP contribution is 2.21. The maximum absolute atomic E-state index is 11.9. The van der Waals surface area contributed by atoms with Crippen LogP contribution in [0.1, 0.15) is 11.1 Å². The summed E-state index contributed by atoms with van der Waals surface area (Å²) in [5.41, 5.74) is 8.11. The Labute approximate surface area is 125 Å². The van der Waals surface area contributed by atoms with E-state index in [4.69, 9.17) is 5.73 Å². The summed E-state index contributed by atoms with van der Waals surface area (Å²) in [6.07, 6.45) is 2.19. The van der Waals surface area contributed by atoms with E-state index in [0.717, 1.165) is 30.8 Å². The smallest absolute Gasteiger partial charge is 0.164 e. The number of nitrogens with zero attached hydrogens (tertiary/aromatic N) is 1. The third kappa shape index (κ3) is 3.97. The number of hydrogen-bond acceptors (Lipinski definition) is 5. The molecule has 1 saturated heterocycles. The van der Waals surface area contributed by atoms with Crippen LogP contribution in [-0.4, -0.2) is 49.5 Å². The molecule has 0 bridgehead atoms. The number of benzene rings is 1. The van der Waals surface area contributed by atoms with Crippen molar-refractivity contribution in [2.24, 2.45) is 5.73 Å². The zero-order chi connectivity index (χ0) is 14.6. The van der Waals surface area contributed by atoms with Crippen molar-refractivity contribution in [2.75, 3.05) is 30.9 Å². The third-order valence-electron chi connectivity index (χ3n) is 3.69. The van der Waals surface area contributed by atoms with Crippen LogP contribution in [0, 0.1) is 0 Å². The molecule has 2 rings (SSSR count). The van der Waals surface area contributed by atoms with Crippen molar-refractivity contribution >= 4 is 21.6 Å². The van der Waals surface area contributed by atoms with Crippen LogP contribution in [0.5, 0.6) is 0 Å². The maximum atomic E-state index is 11.9. The molecule has 1 heterocycles. The Morgan fingerprint density at radius 1 is 1.35 bits per heavy atom. The predicted molar refractivity (Wildman–Crippen MR) is 85.6 cm³/mol. The van der Waals surface area contributed by atoms with Gasteiger partial charge in [0.1, 0.15) is 5.37 Å². The fraction of sp³-hybridized carbons (Fsp3) is 0.571. The normalized spacial score (nSPS) is 21.0. The molecule has 1 aromatic carbocycles. The van der Waals surface area contributed by atoms with Gasteiger partial charge < -0.3 is 5.73 Å². The first-order valence-corrected chi connectivity index (χ1v) is 9.91. The molecule has 6 heteroatoms. The molecular formula is C14H22N2O2S2. The van der Waals surface area contributed by atoms with E-state index in [1.54, 1.807) is 11.8 Å². The standard InChI is InChI=1S/C14H22N2O2S2/c1-20(17,18)14-11-19-9-8-16(14)7-6-12-4-2-3-5-13(12)10-15/h2-5,14H,6-11,15H2,1H3. The largest absolute Gasteiger partial charge is 0.326 e. The minimum atomic E-state index is -3.01. The highest BCUT2D eigenvalue weighted by atomic mass is 32.2. The van der Waals surface area contributed by atoms with Gasteiger partial charge in [0.25, 0.3) is 0 Å². The molecule has 112 valence electrons. The number of hydrogen-bond donors (Lipinski definition) is 1. The molecule has 0 saturated carbocycles. The van der Waals surface area contributed by atoms with Crippen molar-refractivity contribution in [3.8, 4) is 0 Å². The lowest BCUT2D eigenvalue weighted by atomic mass is 10.0. The summed E-state index contributed by atoms with van der Waals surface area (Å²) in [5, 5.41) is -0.341. The van der Waals surface area contributed by atoms with Crippen LogP contribution in [-0.2, 0) is 22.8 Å². The molecule has 1 aliphatic heterocycles. The first kappa shape index (κ1) is 15.8. The molecule has 0 aromatic heterocycles. The van der Waals surface area contributed by atoms with Gasteiger partial charge in [0.05, 0.1) is 0 Å². The zero-order valence-electron chi connectivity index (χ0n) is 11.8. The van der Waals surface area contributed by atoms with Gasteiger partial charge in [-0.15, -0.1) is 0 Å². The first-order valence-electron chi connectivity index (χ1n) is 6.80. The summed E-state index contributed by atoms with van der Waals surface area (Å²) in [4.78, 5) is 2.10. The molecule has 0 amide bonds. The first-order chi connectivity index (χ1) is 9.52. The molecule has 1 fully saturated rings. The Morgan fingerprint density at radius 3 is 2.70 bits per heavy atom. The topological polar surface area (TPSA) is 63.4 Å². The highest BCUT2D eigenvalue weighted by molar-refractivity contribution is 8.00. The molecule has 1 unspecified atom stereocenters. The molecule has 0 radical (unpaired) electrons. The van der Waals surface area contributed by atoms with E-state index in [2.05, 4.69) is 11.0 Å². The second-order valence-electron chi connectivity index (χ2n) is 5.12. The molecule has 0 spiro atoms. The Morgan fingerprint density at radius 2 is 2.05 bits per heavy atom. The van der Waals surface area contributed by atoms with E-state index >= 15 is 0 Å². The minimum absolute atomic E-state index is 0.341. The maximum Gasteiger partial charge on any atom is 0.164 e. The summed E-state index contributed by atoms with van der Waals surface area (Å²) in [7, 11) is -3.01. The van der Waals surface area contributed by atoms with E-state index in [1.165, 1.54) is 11.8 Å². The van der Waals surface area contributed by atoms with Crippen molar-refractivity contribution in [1.29, 1.82) is 0 Å². The summed E-state index contributed by atoms with van der Waals surface area (Å²) in [6.45, 7) is 2.14. The van der Waals surface area contributed by atoms with Gasteiger partial charge in [-0.25, -0.2) is 8.42 Å². The van der Waals surface area contributed by atoms with E-state index < -0.39 is 9.84 Å². The van der Waals surface area contributed by atoms with Gasteiger partial charge in [-0.1, -0.05) is 24.3 Å². The van der Waals surface area contributed by atoms with Crippen molar-refractivity contribution in [2.45, 2.75) is 18.3 Å². The van der Waals surface area contributed by atoms with Crippen LogP contribution in [0.15, 0.2) is 24.3 Å². The summed E-state index contributed by atoms with van der Waals surface area (Å²) in [5.74, 6) is 1.68. The van der Waals surface area contributed by atoms with Crippen molar-refractivity contribution < 1.29 is 8.42 Å². The molecule has 1 aliphatic rings. The van der Waals surface area contributed by atoms with Gasteiger partial charge in [0.2, 0.25) is 0 Å². The monoisotopic (exact) mass is 314 g/mol. The number of sulfone groups is 1. The molecule has 4 nitrogen and oxygen atoms in total. The van der Waals surface area contributed by atoms with Crippen molar-refractivity contribution in [3.05, 3.63) is 35.4 Å². The zero-order valence-corrected chi connectivity index (χ0v) is 13.4. The fourth-order valence-corrected chi connectivity index (χ4v) is 5.50. The molecule has 20 heavy (non-hydrogen) atoms. The van der Waals surface area contributed by atoms with E-state index in [1.807, 2.05) is 18.2 Å². The predicted octanol–water partition coefficient (Wildman–Crippen LogP) is 1.11. The lowest BCUT2D eigenvalue weighted by Gasteiger charge is -2.34. The Hall–Kier alpha value is -0.560. The van der Waals surface area contributed by atoms with E-state index in [0.29, 0.717) is 12.3 Å². The fourth-order valence-electron chi connectivity index (χ4n) is 2.53. The Kier molecular flexibility index (Phi) is 5.49. The second kappa shape index (κ2) is 6.93. The van der Waals surface area contributed by atoms with Gasteiger partial charge in [-0.2, -0.15) is 11.8 Å². The lowest BCUT2D eigenvalue weighted by molar-refractivity contribution is 0.274. The van der Waals surface area contributed by atoms with Gasteiger partial charge in [-0.05, 0) is 17.5 Å². The minimum Gasteiger partial charge on any atom is -0.326 e. The number of rotatable bonds is 5. The van der Waals surface area contributed by atoms with Gasteiger partial charge in [-0.3, -0.25) is 4.90 Å². The highest BCUT2D eigenvalue weighted by Gasteiger charge is 2.30. The average molecular weight is 314 g/mol. The van der Waals surface area contributed by atoms with Gasteiger partial charge in [0.15, 0.2) is 9.84 Å². The van der Waals surface area contributed by atoms with Crippen molar-refractivity contribution in [3.63, 3.8) is 0 Å². The number of thioether (sulfide) groups is 1. The second-order valence-corrected chi connectivity index (χ2v) is 8.47. The molecule has 0 aliphatic carbocycles. The SMILES string of the molecule is CS(=O)(=O)C1CSCCN1CCc1ccccc1CN. The average Bonchev–Trinajstić information content (AvgIpc) is 2.44. The van der Waals surface area contributed by atoms with E-state index in [-0.39, 0.29) is 5.37 Å². The molecule has 1 aromatic rings.